The maximum Gasteiger partial charge on any atom is 0.233 e. The molecule has 1 heterocycles. The van der Waals surface area contributed by atoms with E-state index in [0.29, 0.717) is 24.1 Å². The molecule has 3 fully saturated rings. The van der Waals surface area contributed by atoms with Gasteiger partial charge >= 0.3 is 0 Å². The van der Waals surface area contributed by atoms with Crippen LogP contribution in [0.4, 0.5) is 5.69 Å². The molecule has 1 aromatic rings. The van der Waals surface area contributed by atoms with Crippen molar-refractivity contribution < 1.29 is 19.1 Å². The molecule has 0 unspecified atom stereocenters. The van der Waals surface area contributed by atoms with E-state index < -0.39 is 0 Å². The topological polar surface area (TPSA) is 75.7 Å². The highest BCUT2D eigenvalue weighted by molar-refractivity contribution is 6.06. The van der Waals surface area contributed by atoms with Crippen LogP contribution in [-0.2, 0) is 14.4 Å². The van der Waals surface area contributed by atoms with Gasteiger partial charge in [0.1, 0.15) is 5.75 Å². The van der Waals surface area contributed by atoms with Crippen molar-refractivity contribution in [1.82, 2.24) is 4.90 Å². The van der Waals surface area contributed by atoms with E-state index in [1.807, 2.05) is 6.92 Å². The molecule has 0 spiro atoms. The molecule has 2 saturated carbocycles. The monoisotopic (exact) mass is 380 g/mol. The summed E-state index contributed by atoms with van der Waals surface area (Å²) in [6.45, 7) is 2.66. The van der Waals surface area contributed by atoms with Crippen molar-refractivity contribution >= 4 is 23.4 Å². The lowest BCUT2D eigenvalue weighted by Crippen LogP contribution is -2.40. The third-order valence-corrected chi connectivity index (χ3v) is 6.77. The number of rotatable bonds is 6. The van der Waals surface area contributed by atoms with Gasteiger partial charge in [0.2, 0.25) is 17.7 Å². The van der Waals surface area contributed by atoms with Gasteiger partial charge in [0.15, 0.2) is 0 Å². The highest BCUT2D eigenvalue weighted by Crippen LogP contribution is 2.65. The molecule has 1 aliphatic heterocycles. The molecule has 0 radical (unpaired) electrons. The van der Waals surface area contributed by atoms with Crippen LogP contribution in [0.2, 0.25) is 0 Å². The Labute approximate surface area is 163 Å². The molecule has 1 saturated heterocycles. The molecular formula is C22H24N2O4. The molecule has 28 heavy (non-hydrogen) atoms. The average Bonchev–Trinajstić information content (AvgIpc) is 3.47. The zero-order chi connectivity index (χ0) is 19.4. The molecule has 3 amide bonds. The number of carbonyl (C=O) groups is 3. The van der Waals surface area contributed by atoms with Crippen LogP contribution in [0, 0.1) is 35.5 Å². The van der Waals surface area contributed by atoms with Crippen molar-refractivity contribution in [1.29, 1.82) is 0 Å². The van der Waals surface area contributed by atoms with Gasteiger partial charge in [-0.1, -0.05) is 12.2 Å². The SMILES string of the molecule is CCOc1ccc(NC(=O)CCN2C(=O)[C@@H]3[C@H]4C=C[C@@H]([C@@H]5C[C@H]45)[C@H]3C2=O)cc1. The van der Waals surface area contributed by atoms with Crippen LogP contribution in [0.1, 0.15) is 19.8 Å². The standard InChI is InChI=1S/C22H24N2O4/c1-2-28-13-5-3-12(4-6-13)23-18(25)9-10-24-21(26)19-14-7-8-15(17-11-16(14)17)20(19)22(24)27/h3-8,14-17,19-20H,2,9-11H2,1H3,(H,23,25)/t14-,15-,16-,17+,19+,20+/m0/s1. The number of carbonyl (C=O) groups excluding carboxylic acids is 3. The molecule has 1 aromatic carbocycles. The Morgan fingerprint density at radius 1 is 1.07 bits per heavy atom. The Hall–Kier alpha value is -2.63. The Kier molecular flexibility index (Phi) is 4.03. The second-order valence-electron chi connectivity index (χ2n) is 8.24. The van der Waals surface area contributed by atoms with Gasteiger partial charge in [-0.05, 0) is 61.3 Å². The molecule has 2 bridgehead atoms. The highest BCUT2D eigenvalue weighted by atomic mass is 16.5. The fraction of sp³-hybridized carbons (Fsp3) is 0.500. The second kappa shape index (κ2) is 6.47. The third-order valence-electron chi connectivity index (χ3n) is 6.77. The summed E-state index contributed by atoms with van der Waals surface area (Å²) >= 11 is 0. The molecule has 6 rings (SSSR count). The summed E-state index contributed by atoms with van der Waals surface area (Å²) in [6, 6.07) is 7.15. The molecule has 4 aliphatic carbocycles. The summed E-state index contributed by atoms with van der Waals surface area (Å²) in [5.41, 5.74) is 0.670. The van der Waals surface area contributed by atoms with E-state index in [-0.39, 0.29) is 54.4 Å². The first-order valence-corrected chi connectivity index (χ1v) is 10.1. The summed E-state index contributed by atoms with van der Waals surface area (Å²) in [5, 5.41) is 2.82. The molecule has 146 valence electrons. The molecule has 6 nitrogen and oxygen atoms in total. The van der Waals surface area contributed by atoms with E-state index in [0.717, 1.165) is 12.2 Å². The van der Waals surface area contributed by atoms with Crippen molar-refractivity contribution in [3.63, 3.8) is 0 Å². The Bertz CT molecular complexity index is 826. The molecule has 1 N–H and O–H groups in total. The second-order valence-corrected chi connectivity index (χ2v) is 8.24. The maximum absolute atomic E-state index is 12.9. The highest BCUT2D eigenvalue weighted by Gasteiger charge is 2.66. The molecule has 0 aromatic heterocycles. The number of benzene rings is 1. The van der Waals surface area contributed by atoms with Crippen LogP contribution in [0.5, 0.6) is 5.75 Å². The minimum atomic E-state index is -0.205. The molecular weight excluding hydrogens is 356 g/mol. The zero-order valence-electron chi connectivity index (χ0n) is 15.8. The van der Waals surface area contributed by atoms with Gasteiger partial charge in [-0.25, -0.2) is 0 Å². The van der Waals surface area contributed by atoms with Gasteiger partial charge in [0, 0.05) is 18.7 Å². The lowest BCUT2D eigenvalue weighted by molar-refractivity contribution is -0.140. The smallest absolute Gasteiger partial charge is 0.233 e. The summed E-state index contributed by atoms with van der Waals surface area (Å²) in [5.74, 6) is 1.63. The minimum absolute atomic E-state index is 0.0754. The van der Waals surface area contributed by atoms with E-state index in [2.05, 4.69) is 17.5 Å². The quantitative estimate of drug-likeness (QED) is 0.608. The fourth-order valence-electron chi connectivity index (χ4n) is 5.48. The number of anilines is 1. The van der Waals surface area contributed by atoms with E-state index in [1.54, 1.807) is 24.3 Å². The number of imide groups is 1. The molecule has 6 heteroatoms. The lowest BCUT2D eigenvalue weighted by atomic mass is 9.63. The average molecular weight is 380 g/mol. The van der Waals surface area contributed by atoms with Crippen molar-refractivity contribution in [2.24, 2.45) is 35.5 Å². The number of nitrogens with one attached hydrogen (secondary N) is 1. The first kappa shape index (κ1) is 17.5. The van der Waals surface area contributed by atoms with Gasteiger partial charge < -0.3 is 10.1 Å². The Morgan fingerprint density at radius 3 is 2.25 bits per heavy atom. The van der Waals surface area contributed by atoms with Crippen LogP contribution in [0.3, 0.4) is 0 Å². The van der Waals surface area contributed by atoms with Crippen molar-refractivity contribution in [2.45, 2.75) is 19.8 Å². The number of nitrogens with zero attached hydrogens (tertiary/aromatic N) is 1. The number of allylic oxidation sites excluding steroid dienone is 2. The first-order valence-electron chi connectivity index (χ1n) is 10.1. The number of hydrogen-bond acceptors (Lipinski definition) is 4. The van der Waals surface area contributed by atoms with Crippen LogP contribution >= 0.6 is 0 Å². The van der Waals surface area contributed by atoms with Crippen LogP contribution in [0.25, 0.3) is 0 Å². The Morgan fingerprint density at radius 2 is 1.68 bits per heavy atom. The van der Waals surface area contributed by atoms with Crippen molar-refractivity contribution in [3.05, 3.63) is 36.4 Å². The summed E-state index contributed by atoms with van der Waals surface area (Å²) in [6.07, 6.45) is 5.58. The summed E-state index contributed by atoms with van der Waals surface area (Å²) in [7, 11) is 0. The van der Waals surface area contributed by atoms with Gasteiger partial charge in [-0.15, -0.1) is 0 Å². The number of amides is 3. The van der Waals surface area contributed by atoms with E-state index in [1.165, 1.54) is 4.90 Å². The fourth-order valence-corrected chi connectivity index (χ4v) is 5.48. The predicted octanol–water partition coefficient (Wildman–Crippen LogP) is 2.47. The predicted molar refractivity (Wildman–Crippen MR) is 102 cm³/mol. The van der Waals surface area contributed by atoms with Gasteiger partial charge in [0.25, 0.3) is 0 Å². The van der Waals surface area contributed by atoms with Crippen LogP contribution in [-0.4, -0.2) is 35.8 Å². The van der Waals surface area contributed by atoms with E-state index >= 15 is 0 Å². The van der Waals surface area contributed by atoms with Crippen LogP contribution in [0.15, 0.2) is 36.4 Å². The minimum Gasteiger partial charge on any atom is -0.494 e. The largest absolute Gasteiger partial charge is 0.494 e. The van der Waals surface area contributed by atoms with Crippen molar-refractivity contribution in [3.8, 4) is 5.75 Å². The van der Waals surface area contributed by atoms with E-state index in [4.69, 9.17) is 4.74 Å². The lowest BCUT2D eigenvalue weighted by Gasteiger charge is -2.37. The number of likely N-dealkylation sites (tertiary alicyclic amines) is 1. The molecule has 6 atom stereocenters. The number of ether oxygens (including phenoxy) is 1. The molecule has 5 aliphatic rings. The maximum atomic E-state index is 12.9. The third kappa shape index (κ3) is 2.65. The number of hydrogen-bond donors (Lipinski definition) is 1. The van der Waals surface area contributed by atoms with Gasteiger partial charge in [-0.2, -0.15) is 0 Å². The van der Waals surface area contributed by atoms with Gasteiger partial charge in [0.05, 0.1) is 18.4 Å². The van der Waals surface area contributed by atoms with Crippen LogP contribution < -0.4 is 10.1 Å². The zero-order valence-corrected chi connectivity index (χ0v) is 15.8. The Balaban J connectivity index is 1.20. The van der Waals surface area contributed by atoms with Crippen molar-refractivity contribution in [2.75, 3.05) is 18.5 Å². The van der Waals surface area contributed by atoms with Gasteiger partial charge in [-0.3, -0.25) is 19.3 Å². The van der Waals surface area contributed by atoms with E-state index in [9.17, 15) is 14.4 Å². The first-order chi connectivity index (χ1) is 13.6. The summed E-state index contributed by atoms with van der Waals surface area (Å²) in [4.78, 5) is 39.4. The summed E-state index contributed by atoms with van der Waals surface area (Å²) < 4.78 is 5.38. The normalized spacial score (nSPS) is 34.2.